The van der Waals surface area contributed by atoms with Crippen molar-refractivity contribution in [2.45, 2.75) is 4.90 Å². The van der Waals surface area contributed by atoms with Crippen molar-refractivity contribution < 1.29 is 17.5 Å². The number of halogens is 2. The van der Waals surface area contributed by atoms with E-state index in [0.717, 1.165) is 49.7 Å². The summed E-state index contributed by atoms with van der Waals surface area (Å²) in [6, 6.07) is 11.3. The average Bonchev–Trinajstić information content (AvgIpc) is 2.70. The number of hydrogen-bond acceptors (Lipinski definition) is 5. The third-order valence-corrected chi connectivity index (χ3v) is 6.48. The zero-order valence-corrected chi connectivity index (χ0v) is 17.1. The molecule has 0 amide bonds. The second kappa shape index (κ2) is 9.09. The first-order valence-corrected chi connectivity index (χ1v) is 10.8. The standard InChI is InChI=1S/C19H23ClFN3O3S/c1-27-16-4-2-15(3-5-16)24-12-10-23(11-13-24)9-8-22-28(25,26)17-6-7-19(21)18(20)14-17/h2-7,14,22H,8-13H2,1H3. The fraction of sp³-hybridized carbons (Fsp3) is 0.368. The van der Waals surface area contributed by atoms with Crippen LogP contribution in [0.3, 0.4) is 0 Å². The normalized spacial score (nSPS) is 15.6. The molecule has 1 saturated heterocycles. The molecule has 0 radical (unpaired) electrons. The van der Waals surface area contributed by atoms with Gasteiger partial charge in [0.1, 0.15) is 11.6 Å². The monoisotopic (exact) mass is 427 g/mol. The van der Waals surface area contributed by atoms with Gasteiger partial charge in [-0.3, -0.25) is 4.90 Å². The third-order valence-electron chi connectivity index (χ3n) is 4.73. The fourth-order valence-corrected chi connectivity index (χ4v) is 4.38. The molecular formula is C19H23ClFN3O3S. The largest absolute Gasteiger partial charge is 0.497 e. The van der Waals surface area contributed by atoms with E-state index in [-0.39, 0.29) is 16.5 Å². The smallest absolute Gasteiger partial charge is 0.240 e. The van der Waals surface area contributed by atoms with Gasteiger partial charge in [-0.1, -0.05) is 11.6 Å². The van der Waals surface area contributed by atoms with Crippen molar-refractivity contribution in [3.8, 4) is 5.75 Å². The van der Waals surface area contributed by atoms with E-state index in [1.54, 1.807) is 7.11 Å². The van der Waals surface area contributed by atoms with Crippen LogP contribution in [-0.4, -0.2) is 59.7 Å². The van der Waals surface area contributed by atoms with E-state index < -0.39 is 15.8 Å². The van der Waals surface area contributed by atoms with Gasteiger partial charge in [0.25, 0.3) is 0 Å². The molecule has 28 heavy (non-hydrogen) atoms. The maximum atomic E-state index is 13.2. The lowest BCUT2D eigenvalue weighted by molar-refractivity contribution is 0.262. The number of sulfonamides is 1. The van der Waals surface area contributed by atoms with E-state index >= 15 is 0 Å². The van der Waals surface area contributed by atoms with Gasteiger partial charge in [-0.15, -0.1) is 0 Å². The van der Waals surface area contributed by atoms with Crippen LogP contribution >= 0.6 is 11.6 Å². The molecule has 0 atom stereocenters. The Labute approximate surface area is 169 Å². The summed E-state index contributed by atoms with van der Waals surface area (Å²) in [5.41, 5.74) is 1.15. The summed E-state index contributed by atoms with van der Waals surface area (Å²) < 4.78 is 45.5. The van der Waals surface area contributed by atoms with Crippen molar-refractivity contribution in [3.05, 3.63) is 53.3 Å². The average molecular weight is 428 g/mol. The lowest BCUT2D eigenvalue weighted by Crippen LogP contribution is -2.48. The molecular weight excluding hydrogens is 405 g/mol. The third kappa shape index (κ3) is 5.14. The molecule has 1 heterocycles. The maximum absolute atomic E-state index is 13.2. The fourth-order valence-electron chi connectivity index (χ4n) is 3.09. The Hall–Kier alpha value is -1.87. The topological polar surface area (TPSA) is 61.9 Å². The summed E-state index contributed by atoms with van der Waals surface area (Å²) in [4.78, 5) is 4.46. The predicted octanol–water partition coefficient (Wildman–Crippen LogP) is 2.59. The van der Waals surface area contributed by atoms with E-state index in [1.165, 1.54) is 6.07 Å². The summed E-state index contributed by atoms with van der Waals surface area (Å²) >= 11 is 5.67. The van der Waals surface area contributed by atoms with Crippen molar-refractivity contribution >= 4 is 27.3 Å². The van der Waals surface area contributed by atoms with E-state index in [0.29, 0.717) is 6.54 Å². The van der Waals surface area contributed by atoms with E-state index in [1.807, 2.05) is 24.3 Å². The van der Waals surface area contributed by atoms with Crippen LogP contribution in [0.5, 0.6) is 5.75 Å². The Bertz CT molecular complexity index is 901. The van der Waals surface area contributed by atoms with Gasteiger partial charge in [0.15, 0.2) is 0 Å². The molecule has 0 unspecified atom stereocenters. The first-order chi connectivity index (χ1) is 13.4. The van der Waals surface area contributed by atoms with Crippen LogP contribution in [0.2, 0.25) is 5.02 Å². The van der Waals surface area contributed by atoms with Crippen molar-refractivity contribution in [2.75, 3.05) is 51.3 Å². The molecule has 2 aromatic carbocycles. The van der Waals surface area contributed by atoms with Gasteiger partial charge < -0.3 is 9.64 Å². The van der Waals surface area contributed by atoms with Gasteiger partial charge in [0, 0.05) is 45.0 Å². The Kier molecular flexibility index (Phi) is 6.77. The Morgan fingerprint density at radius 3 is 2.39 bits per heavy atom. The van der Waals surface area contributed by atoms with Crippen molar-refractivity contribution in [3.63, 3.8) is 0 Å². The molecule has 6 nitrogen and oxygen atoms in total. The molecule has 3 rings (SSSR count). The van der Waals surface area contributed by atoms with Gasteiger partial charge in [-0.25, -0.2) is 17.5 Å². The molecule has 1 N–H and O–H groups in total. The highest BCUT2D eigenvalue weighted by Gasteiger charge is 2.19. The molecule has 0 aromatic heterocycles. The van der Waals surface area contributed by atoms with Crippen LogP contribution in [0, 0.1) is 5.82 Å². The van der Waals surface area contributed by atoms with Gasteiger partial charge in [0.2, 0.25) is 10.0 Å². The molecule has 0 spiro atoms. The van der Waals surface area contributed by atoms with Gasteiger partial charge in [0.05, 0.1) is 17.0 Å². The maximum Gasteiger partial charge on any atom is 0.240 e. The minimum atomic E-state index is -3.71. The molecule has 0 saturated carbocycles. The highest BCUT2D eigenvalue weighted by molar-refractivity contribution is 7.89. The summed E-state index contributed by atoms with van der Waals surface area (Å²) in [6.07, 6.45) is 0. The van der Waals surface area contributed by atoms with E-state index in [2.05, 4.69) is 14.5 Å². The zero-order chi connectivity index (χ0) is 20.1. The predicted molar refractivity (Wildman–Crippen MR) is 108 cm³/mol. The van der Waals surface area contributed by atoms with Crippen LogP contribution < -0.4 is 14.4 Å². The number of benzene rings is 2. The molecule has 1 fully saturated rings. The molecule has 0 aliphatic carbocycles. The van der Waals surface area contributed by atoms with Crippen molar-refractivity contribution in [2.24, 2.45) is 0 Å². The second-order valence-corrected chi connectivity index (χ2v) is 8.67. The molecule has 1 aliphatic rings. The van der Waals surface area contributed by atoms with Crippen LogP contribution in [0.25, 0.3) is 0 Å². The molecule has 9 heteroatoms. The van der Waals surface area contributed by atoms with Crippen LogP contribution in [0.15, 0.2) is 47.4 Å². The molecule has 152 valence electrons. The number of methoxy groups -OCH3 is 1. The highest BCUT2D eigenvalue weighted by Crippen LogP contribution is 2.21. The second-order valence-electron chi connectivity index (χ2n) is 6.50. The number of piperazine rings is 1. The van der Waals surface area contributed by atoms with Gasteiger partial charge in [-0.05, 0) is 42.5 Å². The van der Waals surface area contributed by atoms with Crippen molar-refractivity contribution in [1.82, 2.24) is 9.62 Å². The van der Waals surface area contributed by atoms with Crippen LogP contribution in [0.4, 0.5) is 10.1 Å². The van der Waals surface area contributed by atoms with Gasteiger partial charge >= 0.3 is 0 Å². The Balaban J connectivity index is 1.46. The first-order valence-electron chi connectivity index (χ1n) is 8.95. The van der Waals surface area contributed by atoms with Crippen LogP contribution in [-0.2, 0) is 10.0 Å². The summed E-state index contributed by atoms with van der Waals surface area (Å²) in [5.74, 6) is 0.187. The lowest BCUT2D eigenvalue weighted by Gasteiger charge is -2.36. The number of hydrogen-bond donors (Lipinski definition) is 1. The summed E-state index contributed by atoms with van der Waals surface area (Å²) in [6.45, 7) is 4.30. The number of ether oxygens (including phenoxy) is 1. The zero-order valence-electron chi connectivity index (χ0n) is 15.6. The quantitative estimate of drug-likeness (QED) is 0.736. The highest BCUT2D eigenvalue weighted by atomic mass is 35.5. The van der Waals surface area contributed by atoms with Crippen molar-refractivity contribution in [1.29, 1.82) is 0 Å². The van der Waals surface area contributed by atoms with Gasteiger partial charge in [-0.2, -0.15) is 0 Å². The SMILES string of the molecule is COc1ccc(N2CCN(CCNS(=O)(=O)c3ccc(F)c(Cl)c3)CC2)cc1. The summed E-state index contributed by atoms with van der Waals surface area (Å²) in [5, 5.41) is -0.211. The first kappa shape index (κ1) is 20.9. The Morgan fingerprint density at radius 2 is 1.79 bits per heavy atom. The molecule has 2 aromatic rings. The minimum absolute atomic E-state index is 0.0387. The summed E-state index contributed by atoms with van der Waals surface area (Å²) in [7, 11) is -2.07. The number of rotatable bonds is 7. The van der Waals surface area contributed by atoms with E-state index in [4.69, 9.17) is 16.3 Å². The Morgan fingerprint density at radius 1 is 1.11 bits per heavy atom. The van der Waals surface area contributed by atoms with Crippen LogP contribution in [0.1, 0.15) is 0 Å². The number of nitrogens with zero attached hydrogens (tertiary/aromatic N) is 2. The lowest BCUT2D eigenvalue weighted by atomic mass is 10.2. The molecule has 0 bridgehead atoms. The minimum Gasteiger partial charge on any atom is -0.497 e. The van der Waals surface area contributed by atoms with E-state index in [9.17, 15) is 12.8 Å². The number of anilines is 1. The molecule has 1 aliphatic heterocycles. The number of nitrogens with one attached hydrogen (secondary N) is 1.